The number of nitrogens with zero attached hydrogens (tertiary/aromatic N) is 2. The second-order valence-electron chi connectivity index (χ2n) is 7.67. The number of fused-ring (bicyclic) bond motifs is 3. The van der Waals surface area contributed by atoms with Gasteiger partial charge in [0.15, 0.2) is 0 Å². The van der Waals surface area contributed by atoms with Crippen LogP contribution in [0.3, 0.4) is 0 Å². The van der Waals surface area contributed by atoms with E-state index in [0.29, 0.717) is 6.61 Å². The molecule has 5 rings (SSSR count). The molecule has 0 fully saturated rings. The molecule has 2 aliphatic rings. The molecule has 3 aromatic rings. The number of rotatable bonds is 4. The summed E-state index contributed by atoms with van der Waals surface area (Å²) >= 11 is 3.61. The van der Waals surface area contributed by atoms with E-state index in [9.17, 15) is 0 Å². The zero-order chi connectivity index (χ0) is 20.7. The van der Waals surface area contributed by atoms with Gasteiger partial charge in [0, 0.05) is 22.0 Å². The molecular weight excluding hydrogens is 440 g/mol. The maximum absolute atomic E-state index is 6.45. The Balaban J connectivity index is 1.55. The molecule has 0 aliphatic carbocycles. The van der Waals surface area contributed by atoms with E-state index in [-0.39, 0.29) is 12.3 Å². The zero-order valence-corrected chi connectivity index (χ0v) is 18.6. The van der Waals surface area contributed by atoms with Gasteiger partial charge in [-0.05, 0) is 61.9 Å². The third-order valence-corrected chi connectivity index (χ3v) is 6.11. The first-order valence-corrected chi connectivity index (χ1v) is 11.0. The maximum Gasteiger partial charge on any atom is 0.213 e. The topological polar surface area (TPSA) is 34.1 Å². The third-order valence-electron chi connectivity index (χ3n) is 5.61. The van der Waals surface area contributed by atoms with E-state index >= 15 is 0 Å². The second kappa shape index (κ2) is 7.80. The van der Waals surface area contributed by atoms with Crippen LogP contribution in [-0.4, -0.2) is 17.3 Å². The monoisotopic (exact) mass is 462 g/mol. The van der Waals surface area contributed by atoms with Crippen LogP contribution < -0.4 is 9.47 Å². The van der Waals surface area contributed by atoms with Gasteiger partial charge in [0.2, 0.25) is 6.23 Å². The minimum atomic E-state index is -0.276. The van der Waals surface area contributed by atoms with Crippen LogP contribution in [0.25, 0.3) is 0 Å². The lowest BCUT2D eigenvalue weighted by atomic mass is 9.95. The van der Waals surface area contributed by atoms with Gasteiger partial charge in [0.1, 0.15) is 11.5 Å². The third kappa shape index (κ3) is 3.47. The summed E-state index contributed by atoms with van der Waals surface area (Å²) in [5.74, 6) is 1.78. The Hall–Kier alpha value is -2.79. The summed E-state index contributed by atoms with van der Waals surface area (Å²) in [7, 11) is 0. The fourth-order valence-electron chi connectivity index (χ4n) is 4.09. The highest BCUT2D eigenvalue weighted by Gasteiger charge is 2.41. The van der Waals surface area contributed by atoms with E-state index in [2.05, 4.69) is 70.3 Å². The van der Waals surface area contributed by atoms with Crippen molar-refractivity contribution in [2.24, 2.45) is 5.10 Å². The number of halogens is 1. The van der Waals surface area contributed by atoms with Crippen molar-refractivity contribution in [3.63, 3.8) is 0 Å². The van der Waals surface area contributed by atoms with Crippen molar-refractivity contribution >= 4 is 21.6 Å². The molecule has 4 nitrogen and oxygen atoms in total. The largest absolute Gasteiger partial charge is 0.494 e. The van der Waals surface area contributed by atoms with Crippen molar-refractivity contribution in [2.45, 2.75) is 32.5 Å². The lowest BCUT2D eigenvalue weighted by Crippen LogP contribution is -2.33. The average molecular weight is 463 g/mol. The van der Waals surface area contributed by atoms with E-state index in [1.807, 2.05) is 31.2 Å². The van der Waals surface area contributed by atoms with Crippen molar-refractivity contribution in [2.75, 3.05) is 6.61 Å². The van der Waals surface area contributed by atoms with Gasteiger partial charge < -0.3 is 9.47 Å². The van der Waals surface area contributed by atoms with Crippen LogP contribution in [0.1, 0.15) is 47.9 Å². The highest BCUT2D eigenvalue weighted by molar-refractivity contribution is 9.10. The van der Waals surface area contributed by atoms with Crippen molar-refractivity contribution in [3.8, 4) is 11.5 Å². The first-order chi connectivity index (χ1) is 14.6. The molecule has 152 valence electrons. The van der Waals surface area contributed by atoms with Crippen molar-refractivity contribution < 1.29 is 9.47 Å². The Morgan fingerprint density at radius 2 is 1.83 bits per heavy atom. The summed E-state index contributed by atoms with van der Waals surface area (Å²) in [4.78, 5) is 0. The predicted molar refractivity (Wildman–Crippen MR) is 122 cm³/mol. The molecule has 2 heterocycles. The van der Waals surface area contributed by atoms with Crippen molar-refractivity contribution in [3.05, 3.63) is 93.5 Å². The summed E-state index contributed by atoms with van der Waals surface area (Å²) in [6.07, 6.45) is 0.575. The molecule has 2 atom stereocenters. The fraction of sp³-hybridized carbons (Fsp3) is 0.240. The Morgan fingerprint density at radius 1 is 1.07 bits per heavy atom. The van der Waals surface area contributed by atoms with Crippen LogP contribution in [-0.2, 0) is 0 Å². The minimum Gasteiger partial charge on any atom is -0.494 e. The molecule has 2 unspecified atom stereocenters. The first-order valence-electron chi connectivity index (χ1n) is 10.2. The number of hydrogen-bond acceptors (Lipinski definition) is 4. The summed E-state index contributed by atoms with van der Waals surface area (Å²) in [5.41, 5.74) is 5.73. The Morgan fingerprint density at radius 3 is 2.57 bits per heavy atom. The molecule has 0 N–H and O–H groups in total. The van der Waals surface area contributed by atoms with Crippen molar-refractivity contribution in [1.29, 1.82) is 0 Å². The van der Waals surface area contributed by atoms with Crippen LogP contribution >= 0.6 is 15.9 Å². The quantitative estimate of drug-likeness (QED) is 0.449. The van der Waals surface area contributed by atoms with Gasteiger partial charge in [-0.1, -0.05) is 45.8 Å². The molecule has 0 saturated heterocycles. The van der Waals surface area contributed by atoms with Gasteiger partial charge in [0.25, 0.3) is 0 Å². The number of hydrazone groups is 1. The number of benzene rings is 3. The molecule has 0 bridgehead atoms. The van der Waals surface area contributed by atoms with Crippen LogP contribution in [0.2, 0.25) is 0 Å². The van der Waals surface area contributed by atoms with Crippen LogP contribution in [0.15, 0.2) is 76.3 Å². The van der Waals surface area contributed by atoms with Crippen LogP contribution in [0.5, 0.6) is 11.5 Å². The summed E-state index contributed by atoms with van der Waals surface area (Å²) < 4.78 is 13.1. The summed E-state index contributed by atoms with van der Waals surface area (Å²) in [6.45, 7) is 4.75. The molecule has 3 aromatic carbocycles. The van der Waals surface area contributed by atoms with E-state index < -0.39 is 0 Å². The molecule has 0 saturated carbocycles. The normalized spacial score (nSPS) is 19.6. The standard InChI is InChI=1S/C25H23BrN2O2/c1-3-29-20-11-8-18(9-12-20)25-28-23(21-14-19(26)10-13-24(21)30-25)15-22(27-28)17-6-4-16(2)5-7-17/h4-14,23,25H,3,15H2,1-2H3. The molecule has 30 heavy (non-hydrogen) atoms. The maximum atomic E-state index is 6.45. The predicted octanol–water partition coefficient (Wildman–Crippen LogP) is 6.40. The van der Waals surface area contributed by atoms with E-state index in [1.165, 1.54) is 5.56 Å². The Labute approximate surface area is 185 Å². The van der Waals surface area contributed by atoms with Crippen molar-refractivity contribution in [1.82, 2.24) is 5.01 Å². The highest BCUT2D eigenvalue weighted by Crippen LogP contribution is 2.48. The number of aryl methyl sites for hydroxylation is 1. The molecule has 0 aromatic heterocycles. The van der Waals surface area contributed by atoms with Gasteiger partial charge in [-0.25, -0.2) is 5.01 Å². The highest BCUT2D eigenvalue weighted by atomic mass is 79.9. The van der Waals surface area contributed by atoms with Gasteiger partial charge >= 0.3 is 0 Å². The molecule has 0 amide bonds. The van der Waals surface area contributed by atoms with Gasteiger partial charge in [-0.3, -0.25) is 0 Å². The molecule has 0 radical (unpaired) electrons. The smallest absolute Gasteiger partial charge is 0.213 e. The van der Waals surface area contributed by atoms with Crippen LogP contribution in [0.4, 0.5) is 0 Å². The number of ether oxygens (including phenoxy) is 2. The SMILES string of the molecule is CCOc1ccc(C2Oc3ccc(Br)cc3C3CC(c4ccc(C)cc4)=NN32)cc1. The first kappa shape index (κ1) is 19.2. The Kier molecular flexibility index (Phi) is 4.99. The van der Waals surface area contributed by atoms with E-state index in [0.717, 1.165) is 44.8 Å². The summed E-state index contributed by atoms with van der Waals surface area (Å²) in [6, 6.07) is 23.1. The zero-order valence-electron chi connectivity index (χ0n) is 17.0. The lowest BCUT2D eigenvalue weighted by molar-refractivity contribution is -0.0191. The fourth-order valence-corrected chi connectivity index (χ4v) is 4.47. The van der Waals surface area contributed by atoms with Gasteiger partial charge in [-0.15, -0.1) is 0 Å². The summed E-state index contributed by atoms with van der Waals surface area (Å²) in [5, 5.41) is 7.14. The molecule has 0 spiro atoms. The van der Waals surface area contributed by atoms with Gasteiger partial charge in [-0.2, -0.15) is 5.10 Å². The van der Waals surface area contributed by atoms with E-state index in [1.54, 1.807) is 0 Å². The second-order valence-corrected chi connectivity index (χ2v) is 8.58. The molecule has 5 heteroatoms. The van der Waals surface area contributed by atoms with E-state index in [4.69, 9.17) is 14.6 Å². The minimum absolute atomic E-state index is 0.138. The average Bonchev–Trinajstić information content (AvgIpc) is 3.20. The van der Waals surface area contributed by atoms with Crippen LogP contribution in [0, 0.1) is 6.92 Å². The number of hydrogen-bond donors (Lipinski definition) is 0. The molecular formula is C25H23BrN2O2. The van der Waals surface area contributed by atoms with Gasteiger partial charge in [0.05, 0.1) is 18.4 Å². The molecule has 2 aliphatic heterocycles. The Bertz CT molecular complexity index is 1090. The lowest BCUT2D eigenvalue weighted by Gasteiger charge is -2.38.